The Morgan fingerprint density at radius 3 is 2.59 bits per heavy atom. The second-order valence-corrected chi connectivity index (χ2v) is 6.12. The van der Waals surface area contributed by atoms with Gasteiger partial charge < -0.3 is 5.32 Å². The number of imidazole rings is 1. The minimum absolute atomic E-state index is 0.105. The van der Waals surface area contributed by atoms with Crippen molar-refractivity contribution in [2.75, 3.05) is 5.32 Å². The van der Waals surface area contributed by atoms with Crippen molar-refractivity contribution in [1.82, 2.24) is 9.38 Å². The summed E-state index contributed by atoms with van der Waals surface area (Å²) in [5.74, 6) is -0.330. The summed E-state index contributed by atoms with van der Waals surface area (Å²) in [6.45, 7) is 0. The molecule has 114 valence electrons. The Balaban J connectivity index is 1.90. The highest BCUT2D eigenvalue weighted by Gasteiger charge is 2.35. The third kappa shape index (κ3) is 2.73. The van der Waals surface area contributed by atoms with E-state index in [-0.39, 0.29) is 10.6 Å². The summed E-state index contributed by atoms with van der Waals surface area (Å²) >= 11 is 4.13. The average molecular weight is 390 g/mol. The molecule has 3 aromatic rings. The van der Waals surface area contributed by atoms with Gasteiger partial charge in [-0.2, -0.15) is 13.2 Å². The van der Waals surface area contributed by atoms with Gasteiger partial charge in [0.05, 0.1) is 0 Å². The summed E-state index contributed by atoms with van der Waals surface area (Å²) in [7, 11) is 0. The minimum atomic E-state index is -4.47. The first-order valence-corrected chi connectivity index (χ1v) is 7.62. The number of rotatable bonds is 2. The number of alkyl halides is 3. The van der Waals surface area contributed by atoms with Gasteiger partial charge in [-0.05, 0) is 24.3 Å². The molecule has 9 heteroatoms. The number of nitrogens with zero attached hydrogens (tertiary/aromatic N) is 2. The van der Waals surface area contributed by atoms with Crippen LogP contribution in [0.5, 0.6) is 0 Å². The number of halogens is 4. The van der Waals surface area contributed by atoms with Gasteiger partial charge in [-0.25, -0.2) is 4.98 Å². The van der Waals surface area contributed by atoms with Crippen LogP contribution < -0.4 is 5.32 Å². The van der Waals surface area contributed by atoms with Crippen molar-refractivity contribution in [3.8, 4) is 0 Å². The lowest BCUT2D eigenvalue weighted by molar-refractivity contribution is -0.141. The largest absolute Gasteiger partial charge is 0.432 e. The number of anilines is 1. The van der Waals surface area contributed by atoms with Crippen LogP contribution in [-0.2, 0) is 6.18 Å². The molecule has 0 radical (unpaired) electrons. The van der Waals surface area contributed by atoms with E-state index >= 15 is 0 Å². The Morgan fingerprint density at radius 1 is 1.27 bits per heavy atom. The van der Waals surface area contributed by atoms with Crippen LogP contribution in [0.15, 0.2) is 40.4 Å². The van der Waals surface area contributed by atoms with Crippen molar-refractivity contribution in [1.29, 1.82) is 0 Å². The van der Waals surface area contributed by atoms with E-state index in [4.69, 9.17) is 0 Å². The van der Waals surface area contributed by atoms with Crippen LogP contribution in [0, 0.1) is 0 Å². The molecule has 2 heterocycles. The van der Waals surface area contributed by atoms with Crippen LogP contribution in [0.25, 0.3) is 4.83 Å². The van der Waals surface area contributed by atoms with Crippen LogP contribution in [0.3, 0.4) is 0 Å². The highest BCUT2D eigenvalue weighted by Crippen LogP contribution is 2.35. The van der Waals surface area contributed by atoms with E-state index in [0.717, 1.165) is 31.9 Å². The van der Waals surface area contributed by atoms with Gasteiger partial charge in [0.25, 0.3) is 5.91 Å². The number of nitrogens with one attached hydrogen (secondary N) is 1. The summed E-state index contributed by atoms with van der Waals surface area (Å²) in [5, 5.41) is 3.51. The van der Waals surface area contributed by atoms with Crippen LogP contribution in [0.4, 0.5) is 19.0 Å². The molecule has 0 saturated heterocycles. The predicted molar refractivity (Wildman–Crippen MR) is 80.2 cm³/mol. The summed E-state index contributed by atoms with van der Waals surface area (Å²) in [5.41, 5.74) is -0.430. The van der Waals surface area contributed by atoms with E-state index in [1.165, 1.54) is 0 Å². The zero-order valence-electron chi connectivity index (χ0n) is 10.7. The summed E-state index contributed by atoms with van der Waals surface area (Å²) in [6.07, 6.45) is -3.42. The highest BCUT2D eigenvalue weighted by atomic mass is 79.9. The second-order valence-electron chi connectivity index (χ2n) is 4.35. The SMILES string of the molecule is O=C(Nc1ncn2c(C(F)(F)F)csc12)c1ccc(Br)cc1. The standard InChI is InChI=1S/C13H7BrF3N3OS/c14-8-3-1-7(2-4-8)11(21)19-10-12-20(6-18-10)9(5-22-12)13(15,16)17/h1-6H,(H,19,21). The molecule has 0 aliphatic heterocycles. The van der Waals surface area contributed by atoms with Gasteiger partial charge >= 0.3 is 6.18 Å². The molecule has 2 aromatic heterocycles. The fourth-order valence-electron chi connectivity index (χ4n) is 1.86. The van der Waals surface area contributed by atoms with E-state index in [0.29, 0.717) is 5.56 Å². The van der Waals surface area contributed by atoms with Gasteiger partial charge in [-0.1, -0.05) is 15.9 Å². The number of fused-ring (bicyclic) bond motifs is 1. The summed E-state index contributed by atoms with van der Waals surface area (Å²) in [4.78, 5) is 16.2. The maximum Gasteiger partial charge on any atom is 0.432 e. The zero-order valence-corrected chi connectivity index (χ0v) is 13.1. The van der Waals surface area contributed by atoms with Gasteiger partial charge in [0.15, 0.2) is 5.82 Å². The van der Waals surface area contributed by atoms with Crippen LogP contribution in [0.1, 0.15) is 16.1 Å². The lowest BCUT2D eigenvalue weighted by Gasteiger charge is -2.03. The third-order valence-corrected chi connectivity index (χ3v) is 4.38. The van der Waals surface area contributed by atoms with Crippen molar-refractivity contribution in [3.63, 3.8) is 0 Å². The number of amides is 1. The van der Waals surface area contributed by atoms with E-state index in [1.54, 1.807) is 24.3 Å². The van der Waals surface area contributed by atoms with Gasteiger partial charge in [-0.3, -0.25) is 9.20 Å². The number of carbonyl (C=O) groups is 1. The molecule has 3 rings (SSSR count). The van der Waals surface area contributed by atoms with Crippen molar-refractivity contribution < 1.29 is 18.0 Å². The molecule has 0 aliphatic rings. The molecule has 0 spiro atoms. The summed E-state index contributed by atoms with van der Waals surface area (Å²) < 4.78 is 40.1. The van der Waals surface area contributed by atoms with E-state index < -0.39 is 17.8 Å². The summed E-state index contributed by atoms with van der Waals surface area (Å²) in [6, 6.07) is 6.60. The van der Waals surface area contributed by atoms with Crippen molar-refractivity contribution in [2.45, 2.75) is 6.18 Å². The van der Waals surface area contributed by atoms with Crippen LogP contribution >= 0.6 is 27.3 Å². The van der Waals surface area contributed by atoms with Gasteiger partial charge in [0, 0.05) is 15.4 Å². The normalized spacial score (nSPS) is 11.8. The van der Waals surface area contributed by atoms with Gasteiger partial charge in [-0.15, -0.1) is 11.3 Å². The Morgan fingerprint density at radius 2 is 1.95 bits per heavy atom. The van der Waals surface area contributed by atoms with Crippen LogP contribution in [-0.4, -0.2) is 15.3 Å². The molecular weight excluding hydrogens is 383 g/mol. The first-order chi connectivity index (χ1) is 10.4. The zero-order chi connectivity index (χ0) is 15.9. The molecule has 0 aliphatic carbocycles. The first kappa shape index (κ1) is 15.0. The number of hydrogen-bond donors (Lipinski definition) is 1. The third-order valence-electron chi connectivity index (χ3n) is 2.89. The number of carbonyl (C=O) groups excluding carboxylic acids is 1. The van der Waals surface area contributed by atoms with E-state index in [2.05, 4.69) is 26.2 Å². The topological polar surface area (TPSA) is 46.4 Å². The van der Waals surface area contributed by atoms with Crippen molar-refractivity contribution >= 4 is 43.8 Å². The first-order valence-electron chi connectivity index (χ1n) is 5.95. The Labute approximate surface area is 134 Å². The predicted octanol–water partition coefficient (Wildman–Crippen LogP) is 4.43. The average Bonchev–Trinajstić information content (AvgIpc) is 3.01. The lowest BCUT2D eigenvalue weighted by atomic mass is 10.2. The Bertz CT molecular complexity index is 838. The van der Waals surface area contributed by atoms with Crippen molar-refractivity contribution in [2.24, 2.45) is 0 Å². The molecule has 0 unspecified atom stereocenters. The fraction of sp³-hybridized carbons (Fsp3) is 0.0769. The molecule has 0 bridgehead atoms. The quantitative estimate of drug-likeness (QED) is 0.704. The maximum absolute atomic E-state index is 12.8. The number of aromatic nitrogens is 2. The van der Waals surface area contributed by atoms with Crippen LogP contribution in [0.2, 0.25) is 0 Å². The minimum Gasteiger partial charge on any atom is -0.304 e. The molecule has 1 aromatic carbocycles. The van der Waals surface area contributed by atoms with E-state index in [1.807, 2.05) is 0 Å². The second kappa shape index (κ2) is 5.40. The molecule has 22 heavy (non-hydrogen) atoms. The van der Waals surface area contributed by atoms with E-state index in [9.17, 15) is 18.0 Å². The lowest BCUT2D eigenvalue weighted by Crippen LogP contribution is -2.12. The Kier molecular flexibility index (Phi) is 3.69. The Hall–Kier alpha value is -1.87. The molecule has 0 fully saturated rings. The maximum atomic E-state index is 12.8. The number of benzene rings is 1. The number of thiazole rings is 1. The monoisotopic (exact) mass is 389 g/mol. The molecule has 4 nitrogen and oxygen atoms in total. The number of hydrogen-bond acceptors (Lipinski definition) is 3. The highest BCUT2D eigenvalue weighted by molar-refractivity contribution is 9.10. The van der Waals surface area contributed by atoms with Gasteiger partial charge in [0.1, 0.15) is 16.9 Å². The molecule has 0 atom stereocenters. The smallest absolute Gasteiger partial charge is 0.304 e. The van der Waals surface area contributed by atoms with Crippen molar-refractivity contribution in [3.05, 3.63) is 51.7 Å². The van der Waals surface area contributed by atoms with Gasteiger partial charge in [0.2, 0.25) is 0 Å². The molecule has 1 N–H and O–H groups in total. The molecule has 1 amide bonds. The molecular formula is C13H7BrF3N3OS. The molecule has 0 saturated carbocycles. The fourth-order valence-corrected chi connectivity index (χ4v) is 3.07.